The van der Waals surface area contributed by atoms with E-state index in [0.29, 0.717) is 0 Å². The van der Waals surface area contributed by atoms with E-state index >= 15 is 0 Å². The lowest BCUT2D eigenvalue weighted by Crippen LogP contribution is -2.24. The highest BCUT2D eigenvalue weighted by atomic mass is 16.5. The second kappa shape index (κ2) is 5.35. The highest BCUT2D eigenvalue weighted by molar-refractivity contribution is 5.33. The Kier molecular flexibility index (Phi) is 4.36. The third-order valence-corrected chi connectivity index (χ3v) is 3.04. The average molecular weight is 221 g/mol. The number of hydrogen-bond acceptors (Lipinski definition) is 2. The van der Waals surface area contributed by atoms with E-state index in [1.54, 1.807) is 7.11 Å². The number of ether oxygens (including phenoxy) is 1. The number of hydrogen-bond donors (Lipinski definition) is 0. The monoisotopic (exact) mass is 221 g/mol. The van der Waals surface area contributed by atoms with Crippen LogP contribution < -0.4 is 4.74 Å². The van der Waals surface area contributed by atoms with Gasteiger partial charge in [0.2, 0.25) is 0 Å². The summed E-state index contributed by atoms with van der Waals surface area (Å²) < 4.78 is 5.27. The van der Waals surface area contributed by atoms with Crippen LogP contribution in [0.5, 0.6) is 5.75 Å². The molecule has 0 saturated heterocycles. The summed E-state index contributed by atoms with van der Waals surface area (Å²) in [5.74, 6) is 0.940. The van der Waals surface area contributed by atoms with Crippen molar-refractivity contribution < 1.29 is 4.74 Å². The Balaban J connectivity index is 2.79. The van der Waals surface area contributed by atoms with Gasteiger partial charge < -0.3 is 9.64 Å². The van der Waals surface area contributed by atoms with Gasteiger partial charge in [-0.25, -0.2) is 0 Å². The maximum Gasteiger partial charge on any atom is 0.119 e. The van der Waals surface area contributed by atoms with Crippen LogP contribution in [0.25, 0.3) is 0 Å². The summed E-state index contributed by atoms with van der Waals surface area (Å²) >= 11 is 0. The molecule has 1 aromatic carbocycles. The van der Waals surface area contributed by atoms with Gasteiger partial charge in [0, 0.05) is 0 Å². The molecule has 0 saturated carbocycles. The molecule has 2 nitrogen and oxygen atoms in total. The van der Waals surface area contributed by atoms with Gasteiger partial charge in [-0.05, 0) is 50.2 Å². The first kappa shape index (κ1) is 13.0. The zero-order valence-electron chi connectivity index (χ0n) is 11.1. The minimum absolute atomic E-state index is 0.193. The lowest BCUT2D eigenvalue weighted by molar-refractivity contribution is 0.341. The van der Waals surface area contributed by atoms with E-state index in [9.17, 15) is 0 Å². The van der Waals surface area contributed by atoms with Gasteiger partial charge in [0.15, 0.2) is 0 Å². The van der Waals surface area contributed by atoms with Crippen molar-refractivity contribution in [1.82, 2.24) is 4.90 Å². The predicted octanol–water partition coefficient (Wildman–Crippen LogP) is 2.92. The van der Waals surface area contributed by atoms with Crippen LogP contribution in [0.1, 0.15) is 25.8 Å². The molecule has 0 aromatic heterocycles. The first-order chi connectivity index (χ1) is 7.45. The van der Waals surface area contributed by atoms with E-state index in [0.717, 1.165) is 18.7 Å². The average Bonchev–Trinajstić information content (AvgIpc) is 2.27. The van der Waals surface area contributed by atoms with Crippen molar-refractivity contribution in [3.63, 3.8) is 0 Å². The van der Waals surface area contributed by atoms with Crippen molar-refractivity contribution in [2.45, 2.75) is 25.7 Å². The minimum atomic E-state index is 0.193. The van der Waals surface area contributed by atoms with E-state index in [2.05, 4.69) is 51.0 Å². The highest BCUT2D eigenvalue weighted by Crippen LogP contribution is 2.29. The molecule has 16 heavy (non-hydrogen) atoms. The molecule has 0 aliphatic rings. The predicted molar refractivity (Wildman–Crippen MR) is 69.2 cm³/mol. The van der Waals surface area contributed by atoms with E-state index in [1.807, 2.05) is 6.07 Å². The number of rotatable bonds is 5. The van der Waals surface area contributed by atoms with Crippen LogP contribution in [0.4, 0.5) is 0 Å². The van der Waals surface area contributed by atoms with E-state index < -0.39 is 0 Å². The van der Waals surface area contributed by atoms with E-state index in [-0.39, 0.29) is 5.41 Å². The second-order valence-corrected chi connectivity index (χ2v) is 5.17. The summed E-state index contributed by atoms with van der Waals surface area (Å²) in [6.45, 7) is 5.67. The van der Waals surface area contributed by atoms with Crippen molar-refractivity contribution in [1.29, 1.82) is 0 Å². The zero-order valence-corrected chi connectivity index (χ0v) is 11.1. The van der Waals surface area contributed by atoms with Crippen molar-refractivity contribution >= 4 is 0 Å². The molecule has 0 spiro atoms. The summed E-state index contributed by atoms with van der Waals surface area (Å²) in [6, 6.07) is 8.37. The van der Waals surface area contributed by atoms with E-state index in [1.165, 1.54) is 5.56 Å². The Morgan fingerprint density at radius 3 is 2.50 bits per heavy atom. The smallest absolute Gasteiger partial charge is 0.119 e. The van der Waals surface area contributed by atoms with Crippen LogP contribution in [-0.2, 0) is 5.41 Å². The fourth-order valence-corrected chi connectivity index (χ4v) is 1.69. The quantitative estimate of drug-likeness (QED) is 0.758. The first-order valence-corrected chi connectivity index (χ1v) is 5.75. The van der Waals surface area contributed by atoms with Crippen LogP contribution >= 0.6 is 0 Å². The summed E-state index contributed by atoms with van der Waals surface area (Å²) in [7, 11) is 5.94. The molecule has 0 atom stereocenters. The van der Waals surface area contributed by atoms with Crippen LogP contribution in [0.15, 0.2) is 24.3 Å². The highest BCUT2D eigenvalue weighted by Gasteiger charge is 2.20. The molecule has 90 valence electrons. The first-order valence-electron chi connectivity index (χ1n) is 5.75. The van der Waals surface area contributed by atoms with Crippen molar-refractivity contribution in [2.75, 3.05) is 27.7 Å². The van der Waals surface area contributed by atoms with Crippen molar-refractivity contribution in [2.24, 2.45) is 0 Å². The van der Waals surface area contributed by atoms with Gasteiger partial charge in [-0.2, -0.15) is 0 Å². The fraction of sp³-hybridized carbons (Fsp3) is 0.571. The maximum atomic E-state index is 5.27. The van der Waals surface area contributed by atoms with Gasteiger partial charge in [-0.3, -0.25) is 0 Å². The zero-order chi connectivity index (χ0) is 12.2. The van der Waals surface area contributed by atoms with Gasteiger partial charge >= 0.3 is 0 Å². The minimum Gasteiger partial charge on any atom is -0.497 e. The molecule has 1 rings (SSSR count). The Labute approximate surface area is 99.2 Å². The molecular formula is C14H23NO. The standard InChI is InChI=1S/C14H23NO/c1-14(2,9-10-15(3)4)12-7-6-8-13(11-12)16-5/h6-8,11H,9-10H2,1-5H3. The molecule has 0 aliphatic carbocycles. The van der Waals surface area contributed by atoms with Crippen molar-refractivity contribution in [3.8, 4) is 5.75 Å². The molecule has 0 radical (unpaired) electrons. The van der Waals surface area contributed by atoms with Crippen LogP contribution in [0.3, 0.4) is 0 Å². The lowest BCUT2D eigenvalue weighted by Gasteiger charge is -2.27. The SMILES string of the molecule is COc1cccc(C(C)(C)CCN(C)C)c1. The van der Waals surface area contributed by atoms with Gasteiger partial charge in [0.05, 0.1) is 7.11 Å². The largest absolute Gasteiger partial charge is 0.497 e. The maximum absolute atomic E-state index is 5.27. The summed E-state index contributed by atoms with van der Waals surface area (Å²) in [4.78, 5) is 2.22. The lowest BCUT2D eigenvalue weighted by atomic mass is 9.81. The molecule has 0 fully saturated rings. The molecule has 0 heterocycles. The third kappa shape index (κ3) is 3.53. The Morgan fingerprint density at radius 1 is 1.25 bits per heavy atom. The van der Waals surface area contributed by atoms with E-state index in [4.69, 9.17) is 4.74 Å². The second-order valence-electron chi connectivity index (χ2n) is 5.17. The van der Waals surface area contributed by atoms with Crippen molar-refractivity contribution in [3.05, 3.63) is 29.8 Å². The van der Waals surface area contributed by atoms with Gasteiger partial charge in [0.25, 0.3) is 0 Å². The molecule has 2 heteroatoms. The summed E-state index contributed by atoms with van der Waals surface area (Å²) in [5, 5.41) is 0. The third-order valence-electron chi connectivity index (χ3n) is 3.04. The topological polar surface area (TPSA) is 12.5 Å². The Bertz CT molecular complexity index is 331. The Morgan fingerprint density at radius 2 is 1.94 bits per heavy atom. The van der Waals surface area contributed by atoms with Crippen LogP contribution in [0.2, 0.25) is 0 Å². The number of methoxy groups -OCH3 is 1. The molecule has 0 N–H and O–H groups in total. The molecule has 0 aliphatic heterocycles. The fourth-order valence-electron chi connectivity index (χ4n) is 1.69. The molecule has 0 amide bonds. The summed E-state index contributed by atoms with van der Waals surface area (Å²) in [6.07, 6.45) is 1.15. The van der Waals surface area contributed by atoms with Crippen LogP contribution in [-0.4, -0.2) is 32.6 Å². The molecule has 1 aromatic rings. The van der Waals surface area contributed by atoms with Crippen LogP contribution in [0, 0.1) is 0 Å². The Hall–Kier alpha value is -1.02. The molecular weight excluding hydrogens is 198 g/mol. The summed E-state index contributed by atoms with van der Waals surface area (Å²) in [5.41, 5.74) is 1.53. The van der Waals surface area contributed by atoms with Gasteiger partial charge in [0.1, 0.15) is 5.75 Å². The van der Waals surface area contributed by atoms with Gasteiger partial charge in [-0.15, -0.1) is 0 Å². The number of nitrogens with zero attached hydrogens (tertiary/aromatic N) is 1. The number of benzene rings is 1. The van der Waals surface area contributed by atoms with Gasteiger partial charge in [-0.1, -0.05) is 26.0 Å². The normalized spacial score (nSPS) is 11.9. The molecule has 0 unspecified atom stereocenters. The molecule has 0 bridgehead atoms.